The van der Waals surface area contributed by atoms with Crippen molar-refractivity contribution in [3.05, 3.63) is 23.8 Å². The highest BCUT2D eigenvalue weighted by Gasteiger charge is 2.35. The third-order valence-corrected chi connectivity index (χ3v) is 4.92. The molecule has 33 heavy (non-hydrogen) atoms. The molecule has 2 aliphatic heterocycles. The molecule has 12 heteroatoms. The first-order chi connectivity index (χ1) is 15.5. The van der Waals surface area contributed by atoms with E-state index in [-0.39, 0.29) is 37.8 Å². The summed E-state index contributed by atoms with van der Waals surface area (Å²) < 4.78 is 41.0. The summed E-state index contributed by atoms with van der Waals surface area (Å²) in [5.74, 6) is -2.18. The van der Waals surface area contributed by atoms with Crippen LogP contribution in [0.5, 0.6) is 0 Å². The number of hydrogen-bond donors (Lipinski definition) is 2. The predicted octanol–water partition coefficient (Wildman–Crippen LogP) is 1.99. The van der Waals surface area contributed by atoms with Crippen LogP contribution in [0.4, 0.5) is 29.7 Å². The summed E-state index contributed by atoms with van der Waals surface area (Å²) in [6.07, 6.45) is -2.14. The maximum atomic E-state index is 15.2. The van der Waals surface area contributed by atoms with Crippen LogP contribution in [0, 0.1) is 11.6 Å². The van der Waals surface area contributed by atoms with E-state index in [9.17, 15) is 14.4 Å². The molecule has 2 saturated heterocycles. The summed E-state index contributed by atoms with van der Waals surface area (Å²) in [6.45, 7) is 7.64. The lowest BCUT2D eigenvalue weighted by Crippen LogP contribution is -2.50. The molecule has 2 aliphatic rings. The molecule has 0 saturated carbocycles. The van der Waals surface area contributed by atoms with Crippen LogP contribution in [-0.2, 0) is 14.3 Å². The van der Waals surface area contributed by atoms with Crippen molar-refractivity contribution >= 4 is 29.5 Å². The molecule has 1 atom stereocenters. The van der Waals surface area contributed by atoms with Crippen molar-refractivity contribution in [3.8, 4) is 0 Å². The van der Waals surface area contributed by atoms with Crippen LogP contribution in [-0.4, -0.2) is 74.1 Å². The zero-order chi connectivity index (χ0) is 24.3. The van der Waals surface area contributed by atoms with Gasteiger partial charge in [0.1, 0.15) is 17.4 Å². The Morgan fingerprint density at radius 3 is 2.45 bits per heavy atom. The second-order valence-corrected chi connectivity index (χ2v) is 8.79. The Morgan fingerprint density at radius 1 is 1.21 bits per heavy atom. The van der Waals surface area contributed by atoms with Gasteiger partial charge in [0.25, 0.3) is 0 Å². The molecule has 0 bridgehead atoms. The number of nitrogens with one attached hydrogen (secondary N) is 2. The maximum Gasteiger partial charge on any atom is 0.429 e. The van der Waals surface area contributed by atoms with Gasteiger partial charge in [0.2, 0.25) is 5.91 Å². The smallest absolute Gasteiger partial charge is 0.429 e. The normalized spacial score (nSPS) is 19.3. The summed E-state index contributed by atoms with van der Waals surface area (Å²) in [5.41, 5.74) is -1.23. The lowest BCUT2D eigenvalue weighted by molar-refractivity contribution is -0.119. The molecule has 1 aromatic rings. The summed E-state index contributed by atoms with van der Waals surface area (Å²) in [6, 6.07) is 2.04. The Hall–Kier alpha value is -3.15. The van der Waals surface area contributed by atoms with Crippen LogP contribution < -0.4 is 20.5 Å². The molecular weight excluding hydrogens is 440 g/mol. The van der Waals surface area contributed by atoms with Crippen LogP contribution in [0.3, 0.4) is 0 Å². The second kappa shape index (κ2) is 9.77. The highest BCUT2D eigenvalue weighted by atomic mass is 19.1. The molecule has 0 radical (unpaired) electrons. The highest BCUT2D eigenvalue weighted by Crippen LogP contribution is 2.32. The Bertz CT molecular complexity index is 900. The van der Waals surface area contributed by atoms with Crippen LogP contribution in [0.2, 0.25) is 0 Å². The van der Waals surface area contributed by atoms with Gasteiger partial charge in [-0.3, -0.25) is 14.7 Å². The Morgan fingerprint density at radius 2 is 1.85 bits per heavy atom. The summed E-state index contributed by atoms with van der Waals surface area (Å²) in [7, 11) is 0. The number of nitrogens with zero attached hydrogens (tertiary/aromatic N) is 3. The van der Waals surface area contributed by atoms with Gasteiger partial charge in [-0.2, -0.15) is 0 Å². The van der Waals surface area contributed by atoms with E-state index in [0.717, 1.165) is 17.0 Å². The zero-order valence-electron chi connectivity index (χ0n) is 19.1. The van der Waals surface area contributed by atoms with Gasteiger partial charge in [0.05, 0.1) is 31.9 Å². The van der Waals surface area contributed by atoms with E-state index in [0.29, 0.717) is 13.1 Å². The summed E-state index contributed by atoms with van der Waals surface area (Å²) >= 11 is 0. The zero-order valence-corrected chi connectivity index (χ0v) is 19.1. The third-order valence-electron chi connectivity index (χ3n) is 4.92. The van der Waals surface area contributed by atoms with E-state index < -0.39 is 41.2 Å². The third kappa shape index (κ3) is 6.01. The van der Waals surface area contributed by atoms with E-state index in [1.165, 1.54) is 16.9 Å². The van der Waals surface area contributed by atoms with E-state index in [4.69, 9.17) is 9.47 Å². The minimum atomic E-state index is -0.946. The van der Waals surface area contributed by atoms with E-state index in [1.807, 2.05) is 0 Å². The van der Waals surface area contributed by atoms with Crippen molar-refractivity contribution in [2.45, 2.75) is 39.4 Å². The molecule has 2 fully saturated rings. The van der Waals surface area contributed by atoms with Crippen LogP contribution in [0.15, 0.2) is 12.1 Å². The maximum absolute atomic E-state index is 15.2. The Labute approximate surface area is 190 Å². The molecule has 1 unspecified atom stereocenters. The first kappa shape index (κ1) is 24.5. The van der Waals surface area contributed by atoms with Gasteiger partial charge in [-0.1, -0.05) is 0 Å². The minimum Gasteiger partial charge on any atom is -0.442 e. The van der Waals surface area contributed by atoms with Gasteiger partial charge >= 0.3 is 12.2 Å². The second-order valence-electron chi connectivity index (χ2n) is 8.79. The number of hydrazine groups is 1. The van der Waals surface area contributed by atoms with E-state index in [2.05, 4.69) is 10.6 Å². The monoisotopic (exact) mass is 469 g/mol. The quantitative estimate of drug-likeness (QED) is 0.695. The fourth-order valence-electron chi connectivity index (χ4n) is 3.52. The fraction of sp³-hybridized carbons (Fsp3) is 0.571. The molecule has 3 amide bonds. The van der Waals surface area contributed by atoms with E-state index in [1.54, 1.807) is 20.8 Å². The Kier molecular flexibility index (Phi) is 7.25. The van der Waals surface area contributed by atoms with Crippen LogP contribution in [0.25, 0.3) is 0 Å². The topological polar surface area (TPSA) is 103 Å². The average molecular weight is 469 g/mol. The number of carbonyl (C=O) groups excluding carboxylic acids is 3. The average Bonchev–Trinajstić information content (AvgIpc) is 2.90. The molecule has 2 heterocycles. The standard InChI is InChI=1S/C21H29F2N5O5/c1-13(29)25-11-15-12-26(19(30)32-15)14-9-16(22)18(17(23)10-14)27-7-5-24-6-8-28(27)20(31)33-21(2,3)4/h9-10,15,24H,5-8,11-12H2,1-4H3,(H,25,29). The van der Waals surface area contributed by atoms with Crippen molar-refractivity contribution in [2.24, 2.45) is 0 Å². The first-order valence-corrected chi connectivity index (χ1v) is 10.7. The molecule has 0 spiro atoms. The molecule has 1 aromatic carbocycles. The number of benzene rings is 1. The molecule has 3 rings (SSSR count). The van der Waals surface area contributed by atoms with Gasteiger partial charge in [0.15, 0.2) is 11.6 Å². The highest BCUT2D eigenvalue weighted by molar-refractivity contribution is 5.90. The lowest BCUT2D eigenvalue weighted by Gasteiger charge is -2.36. The number of halogens is 2. The molecule has 2 N–H and O–H groups in total. The van der Waals surface area contributed by atoms with Crippen molar-refractivity contribution in [1.29, 1.82) is 0 Å². The van der Waals surface area contributed by atoms with Crippen molar-refractivity contribution in [1.82, 2.24) is 15.6 Å². The van der Waals surface area contributed by atoms with Crippen molar-refractivity contribution in [3.63, 3.8) is 0 Å². The molecular formula is C21H29F2N5O5. The van der Waals surface area contributed by atoms with Gasteiger partial charge in [-0.05, 0) is 20.8 Å². The van der Waals surface area contributed by atoms with Gasteiger partial charge in [-0.15, -0.1) is 0 Å². The molecule has 0 aliphatic carbocycles. The van der Waals surface area contributed by atoms with Crippen LogP contribution >= 0.6 is 0 Å². The number of hydrogen-bond acceptors (Lipinski definition) is 7. The minimum absolute atomic E-state index is 0.0228. The van der Waals surface area contributed by atoms with Gasteiger partial charge in [-0.25, -0.2) is 23.4 Å². The SMILES string of the molecule is CC(=O)NCC1CN(c2cc(F)c(N3CCNCCN3C(=O)OC(C)(C)C)c(F)c2)C(=O)O1. The largest absolute Gasteiger partial charge is 0.442 e. The number of rotatable bonds is 4. The summed E-state index contributed by atoms with van der Waals surface area (Å²) in [5, 5.41) is 8.00. The van der Waals surface area contributed by atoms with Crippen molar-refractivity contribution < 1.29 is 32.6 Å². The van der Waals surface area contributed by atoms with Gasteiger partial charge in [0, 0.05) is 32.1 Å². The fourth-order valence-corrected chi connectivity index (χ4v) is 3.52. The van der Waals surface area contributed by atoms with Gasteiger partial charge < -0.3 is 20.1 Å². The van der Waals surface area contributed by atoms with Crippen molar-refractivity contribution in [2.75, 3.05) is 49.2 Å². The lowest BCUT2D eigenvalue weighted by atomic mass is 10.2. The molecule has 10 nitrogen and oxygen atoms in total. The first-order valence-electron chi connectivity index (χ1n) is 10.7. The molecule has 0 aromatic heterocycles. The number of amides is 3. The number of carbonyl (C=O) groups is 3. The Balaban J connectivity index is 1.86. The summed E-state index contributed by atoms with van der Waals surface area (Å²) in [4.78, 5) is 37.1. The molecule has 182 valence electrons. The van der Waals surface area contributed by atoms with Crippen LogP contribution in [0.1, 0.15) is 27.7 Å². The van der Waals surface area contributed by atoms with E-state index >= 15 is 8.78 Å². The predicted molar refractivity (Wildman–Crippen MR) is 116 cm³/mol. The number of anilines is 2. The number of cyclic esters (lactones) is 1. The number of ether oxygens (including phenoxy) is 2.